The summed E-state index contributed by atoms with van der Waals surface area (Å²) in [5.74, 6) is 0.297. The predicted molar refractivity (Wildman–Crippen MR) is 119 cm³/mol. The molecule has 3 rings (SSSR count). The number of carbonyl (C=O) groups excluding carboxylic acids is 1. The summed E-state index contributed by atoms with van der Waals surface area (Å²) < 4.78 is 0. The number of nitrogens with one attached hydrogen (secondary N) is 2. The maximum atomic E-state index is 12.6. The van der Waals surface area contributed by atoms with Crippen LogP contribution in [0, 0.1) is 0 Å². The molecule has 0 saturated carbocycles. The minimum Gasteiger partial charge on any atom is -0.378 e. The molecule has 0 aliphatic rings. The molecular weight excluding hydrogens is 362 g/mol. The van der Waals surface area contributed by atoms with Gasteiger partial charge in [0.2, 0.25) is 0 Å². The third-order valence-electron chi connectivity index (χ3n) is 4.52. The van der Waals surface area contributed by atoms with E-state index < -0.39 is 0 Å². The fourth-order valence-corrected chi connectivity index (χ4v) is 2.93. The van der Waals surface area contributed by atoms with Gasteiger partial charge in [-0.05, 0) is 41.3 Å². The van der Waals surface area contributed by atoms with Crippen LogP contribution >= 0.6 is 0 Å². The highest BCUT2D eigenvalue weighted by Gasteiger charge is 2.19. The number of benzene rings is 2. The van der Waals surface area contributed by atoms with Crippen molar-refractivity contribution in [2.24, 2.45) is 0 Å². The van der Waals surface area contributed by atoms with E-state index in [0.717, 1.165) is 22.6 Å². The van der Waals surface area contributed by atoms with Gasteiger partial charge in [0.05, 0.1) is 12.4 Å². The molecule has 0 spiro atoms. The number of hydrogen-bond donors (Lipinski definition) is 2. The van der Waals surface area contributed by atoms with Gasteiger partial charge in [0.25, 0.3) is 5.91 Å². The van der Waals surface area contributed by atoms with Crippen molar-refractivity contribution < 1.29 is 4.79 Å². The van der Waals surface area contributed by atoms with Gasteiger partial charge in [-0.25, -0.2) is 9.97 Å². The number of hydrogen-bond acceptors (Lipinski definition) is 5. The number of anilines is 4. The Kier molecular flexibility index (Phi) is 5.82. The van der Waals surface area contributed by atoms with Crippen LogP contribution in [0.2, 0.25) is 0 Å². The second-order valence-electron chi connectivity index (χ2n) is 8.10. The number of carbonyl (C=O) groups is 1. The maximum absolute atomic E-state index is 12.6. The number of rotatable bonds is 5. The van der Waals surface area contributed by atoms with Crippen molar-refractivity contribution in [1.29, 1.82) is 0 Å². The molecular formula is C23H27N5O. The minimum atomic E-state index is -0.281. The molecule has 0 unspecified atom stereocenters. The van der Waals surface area contributed by atoms with E-state index in [-0.39, 0.29) is 17.0 Å². The van der Waals surface area contributed by atoms with Crippen LogP contribution < -0.4 is 15.5 Å². The van der Waals surface area contributed by atoms with E-state index in [1.165, 1.54) is 6.20 Å². The first-order chi connectivity index (χ1) is 13.7. The summed E-state index contributed by atoms with van der Waals surface area (Å²) in [4.78, 5) is 23.2. The lowest BCUT2D eigenvalue weighted by molar-refractivity contribution is 0.102. The molecule has 2 N–H and O–H groups in total. The summed E-state index contributed by atoms with van der Waals surface area (Å²) in [6.07, 6.45) is 3.04. The first-order valence-corrected chi connectivity index (χ1v) is 9.51. The molecule has 6 heteroatoms. The topological polar surface area (TPSA) is 70.2 Å². The Labute approximate surface area is 172 Å². The quantitative estimate of drug-likeness (QED) is 0.654. The van der Waals surface area contributed by atoms with Crippen molar-refractivity contribution >= 4 is 28.8 Å². The Morgan fingerprint density at radius 3 is 2.21 bits per heavy atom. The van der Waals surface area contributed by atoms with Gasteiger partial charge in [0.15, 0.2) is 0 Å². The van der Waals surface area contributed by atoms with Gasteiger partial charge in [-0.15, -0.1) is 0 Å². The summed E-state index contributed by atoms with van der Waals surface area (Å²) in [7, 11) is 4.00. The van der Waals surface area contributed by atoms with Crippen LogP contribution in [-0.2, 0) is 5.41 Å². The van der Waals surface area contributed by atoms with Crippen LogP contribution in [0.1, 0.15) is 36.8 Å². The first-order valence-electron chi connectivity index (χ1n) is 9.51. The highest BCUT2D eigenvalue weighted by Crippen LogP contribution is 2.29. The number of amides is 1. The van der Waals surface area contributed by atoms with E-state index >= 15 is 0 Å². The second-order valence-corrected chi connectivity index (χ2v) is 8.10. The first kappa shape index (κ1) is 20.3. The molecule has 150 valence electrons. The van der Waals surface area contributed by atoms with E-state index in [0.29, 0.717) is 5.82 Å². The van der Waals surface area contributed by atoms with Crippen LogP contribution in [0.5, 0.6) is 0 Å². The van der Waals surface area contributed by atoms with Gasteiger partial charge < -0.3 is 15.5 Å². The van der Waals surface area contributed by atoms with Gasteiger partial charge in [0.1, 0.15) is 11.5 Å². The molecule has 2 aromatic carbocycles. The van der Waals surface area contributed by atoms with Crippen molar-refractivity contribution in [3.05, 3.63) is 72.2 Å². The molecule has 0 aliphatic carbocycles. The smallest absolute Gasteiger partial charge is 0.275 e. The zero-order valence-corrected chi connectivity index (χ0v) is 17.5. The molecule has 0 radical (unpaired) electrons. The standard InChI is InChI=1S/C23H27N5O/c1-23(2,3)18-8-6-7-9-19(18)27-22(29)20-14-25-21(15-24-20)26-16-10-12-17(13-11-16)28(4)5/h6-15H,1-5H3,(H,25,26)(H,27,29). The average Bonchev–Trinajstić information content (AvgIpc) is 2.68. The second kappa shape index (κ2) is 8.31. The zero-order chi connectivity index (χ0) is 21.0. The molecule has 3 aromatic rings. The third-order valence-corrected chi connectivity index (χ3v) is 4.52. The van der Waals surface area contributed by atoms with Crippen LogP contribution in [0.25, 0.3) is 0 Å². The Hall–Kier alpha value is -3.41. The summed E-state index contributed by atoms with van der Waals surface area (Å²) in [5, 5.41) is 6.14. The minimum absolute atomic E-state index is 0.0779. The van der Waals surface area contributed by atoms with Gasteiger partial charge >= 0.3 is 0 Å². The summed E-state index contributed by atoms with van der Waals surface area (Å²) >= 11 is 0. The van der Waals surface area contributed by atoms with E-state index in [1.54, 1.807) is 6.20 Å². The number of para-hydroxylation sites is 1. The normalized spacial score (nSPS) is 11.1. The molecule has 0 bridgehead atoms. The lowest BCUT2D eigenvalue weighted by Crippen LogP contribution is -2.19. The molecule has 6 nitrogen and oxygen atoms in total. The summed E-state index contributed by atoms with van der Waals surface area (Å²) in [5.41, 5.74) is 4.06. The average molecular weight is 390 g/mol. The Morgan fingerprint density at radius 1 is 0.931 bits per heavy atom. The van der Waals surface area contributed by atoms with Crippen LogP contribution in [-0.4, -0.2) is 30.0 Å². The van der Waals surface area contributed by atoms with Crippen molar-refractivity contribution in [3.63, 3.8) is 0 Å². The lowest BCUT2D eigenvalue weighted by Gasteiger charge is -2.22. The van der Waals surface area contributed by atoms with E-state index in [1.807, 2.05) is 67.5 Å². The molecule has 0 aliphatic heterocycles. The maximum Gasteiger partial charge on any atom is 0.275 e. The van der Waals surface area contributed by atoms with E-state index in [4.69, 9.17) is 0 Å². The van der Waals surface area contributed by atoms with Crippen LogP contribution in [0.3, 0.4) is 0 Å². The number of nitrogens with zero attached hydrogens (tertiary/aromatic N) is 3. The van der Waals surface area contributed by atoms with E-state index in [2.05, 4.69) is 41.4 Å². The molecule has 1 aromatic heterocycles. The highest BCUT2D eigenvalue weighted by molar-refractivity contribution is 6.03. The fraction of sp³-hybridized carbons (Fsp3) is 0.261. The zero-order valence-electron chi connectivity index (χ0n) is 17.5. The fourth-order valence-electron chi connectivity index (χ4n) is 2.93. The molecule has 1 amide bonds. The molecule has 0 fully saturated rings. The lowest BCUT2D eigenvalue weighted by atomic mass is 9.86. The van der Waals surface area contributed by atoms with Gasteiger partial charge in [-0.1, -0.05) is 39.0 Å². The van der Waals surface area contributed by atoms with Crippen LogP contribution in [0.15, 0.2) is 60.9 Å². The van der Waals surface area contributed by atoms with E-state index in [9.17, 15) is 4.79 Å². The predicted octanol–water partition coefficient (Wildman–Crippen LogP) is 4.84. The van der Waals surface area contributed by atoms with Gasteiger partial charge in [-0.3, -0.25) is 4.79 Å². The van der Waals surface area contributed by atoms with Gasteiger partial charge in [0, 0.05) is 31.2 Å². The SMILES string of the molecule is CN(C)c1ccc(Nc2cnc(C(=O)Nc3ccccc3C(C)(C)C)cn2)cc1. The van der Waals surface area contributed by atoms with Crippen molar-refractivity contribution in [3.8, 4) is 0 Å². The Balaban J connectivity index is 1.69. The van der Waals surface area contributed by atoms with Gasteiger partial charge in [-0.2, -0.15) is 0 Å². The number of aromatic nitrogens is 2. The van der Waals surface area contributed by atoms with Crippen molar-refractivity contribution in [2.45, 2.75) is 26.2 Å². The molecule has 0 atom stereocenters. The Morgan fingerprint density at radius 2 is 1.62 bits per heavy atom. The van der Waals surface area contributed by atoms with Crippen molar-refractivity contribution in [1.82, 2.24) is 9.97 Å². The molecule has 1 heterocycles. The highest BCUT2D eigenvalue weighted by atomic mass is 16.1. The van der Waals surface area contributed by atoms with Crippen molar-refractivity contribution in [2.75, 3.05) is 29.6 Å². The molecule has 29 heavy (non-hydrogen) atoms. The summed E-state index contributed by atoms with van der Waals surface area (Å²) in [6.45, 7) is 6.34. The van der Waals surface area contributed by atoms with Crippen LogP contribution in [0.4, 0.5) is 22.9 Å². The third kappa shape index (κ3) is 5.10. The summed E-state index contributed by atoms with van der Waals surface area (Å²) in [6, 6.07) is 15.8. The Bertz CT molecular complexity index is 973. The monoisotopic (exact) mass is 389 g/mol. The molecule has 0 saturated heterocycles. The largest absolute Gasteiger partial charge is 0.378 e.